The Balaban J connectivity index is 2.38. The molecule has 3 unspecified atom stereocenters. The quantitative estimate of drug-likeness (QED) is 0.131. The van der Waals surface area contributed by atoms with Gasteiger partial charge in [-0.3, -0.25) is 9.59 Å². The molecular formula is C30H56O4. The van der Waals surface area contributed by atoms with Crippen molar-refractivity contribution in [1.82, 2.24) is 0 Å². The van der Waals surface area contributed by atoms with Gasteiger partial charge >= 0.3 is 11.9 Å². The van der Waals surface area contributed by atoms with Gasteiger partial charge in [-0.05, 0) is 44.4 Å². The van der Waals surface area contributed by atoms with Gasteiger partial charge < -0.3 is 9.84 Å². The van der Waals surface area contributed by atoms with E-state index in [0.717, 1.165) is 44.4 Å². The summed E-state index contributed by atoms with van der Waals surface area (Å²) in [5.74, 6) is -1.33. The summed E-state index contributed by atoms with van der Waals surface area (Å²) < 4.78 is 6.00. The lowest BCUT2D eigenvalue weighted by Gasteiger charge is -2.29. The second kappa shape index (κ2) is 20.2. The van der Waals surface area contributed by atoms with Crippen LogP contribution in [-0.2, 0) is 14.3 Å². The highest BCUT2D eigenvalue weighted by Crippen LogP contribution is 2.32. The molecule has 0 aromatic carbocycles. The molecule has 0 radical (unpaired) electrons. The van der Waals surface area contributed by atoms with Crippen molar-refractivity contribution in [2.45, 2.75) is 162 Å². The largest absolute Gasteiger partial charge is 0.481 e. The molecular weight excluding hydrogens is 424 g/mol. The Bertz CT molecular complexity index is 516. The average Bonchev–Trinajstić information content (AvgIpc) is 2.81. The average molecular weight is 481 g/mol. The number of unbranched alkanes of at least 4 members (excludes halogenated alkanes) is 12. The van der Waals surface area contributed by atoms with Crippen LogP contribution in [0.5, 0.6) is 0 Å². The van der Waals surface area contributed by atoms with Gasteiger partial charge in [-0.1, -0.05) is 117 Å². The van der Waals surface area contributed by atoms with E-state index in [0.29, 0.717) is 12.8 Å². The zero-order valence-corrected chi connectivity index (χ0v) is 22.8. The molecule has 4 nitrogen and oxygen atoms in total. The normalized spacial score (nSPS) is 19.3. The number of carbonyl (C=O) groups excluding carboxylic acids is 1. The summed E-state index contributed by atoms with van der Waals surface area (Å²) in [6.07, 6.45) is 24.1. The van der Waals surface area contributed by atoms with E-state index < -0.39 is 17.8 Å². The third-order valence-corrected chi connectivity index (χ3v) is 7.61. The predicted octanol–water partition coefficient (Wildman–Crippen LogP) is 9.10. The Morgan fingerprint density at radius 2 is 1.15 bits per heavy atom. The Labute approximate surface area is 211 Å². The van der Waals surface area contributed by atoms with E-state index in [2.05, 4.69) is 20.8 Å². The van der Waals surface area contributed by atoms with Crippen LogP contribution in [0.1, 0.15) is 156 Å². The minimum atomic E-state index is -0.835. The molecule has 0 aliphatic heterocycles. The topological polar surface area (TPSA) is 63.6 Å². The summed E-state index contributed by atoms with van der Waals surface area (Å²) in [6.45, 7) is 6.81. The van der Waals surface area contributed by atoms with Crippen molar-refractivity contribution < 1.29 is 19.4 Å². The molecule has 1 rings (SSSR count). The van der Waals surface area contributed by atoms with E-state index >= 15 is 0 Å². The van der Waals surface area contributed by atoms with Crippen LogP contribution in [0.4, 0.5) is 0 Å². The summed E-state index contributed by atoms with van der Waals surface area (Å²) in [5.41, 5.74) is 0. The van der Waals surface area contributed by atoms with E-state index in [1.165, 1.54) is 83.5 Å². The zero-order chi connectivity index (χ0) is 25.0. The van der Waals surface area contributed by atoms with Crippen LogP contribution in [0.3, 0.4) is 0 Å². The van der Waals surface area contributed by atoms with Crippen LogP contribution in [0.15, 0.2) is 0 Å². The second-order valence-corrected chi connectivity index (χ2v) is 11.3. The highest BCUT2D eigenvalue weighted by molar-refractivity contribution is 5.81. The third-order valence-electron chi connectivity index (χ3n) is 7.61. The fourth-order valence-electron chi connectivity index (χ4n) is 5.36. The predicted molar refractivity (Wildman–Crippen MR) is 142 cm³/mol. The molecule has 3 atom stereocenters. The van der Waals surface area contributed by atoms with Crippen LogP contribution in [-0.4, -0.2) is 23.1 Å². The Hall–Kier alpha value is -1.06. The molecule has 1 N–H and O–H groups in total. The number of hydrogen-bond acceptors (Lipinski definition) is 3. The van der Waals surface area contributed by atoms with Gasteiger partial charge in [0.1, 0.15) is 6.10 Å². The van der Waals surface area contributed by atoms with Crippen LogP contribution >= 0.6 is 0 Å². The van der Waals surface area contributed by atoms with Gasteiger partial charge in [0.05, 0.1) is 11.8 Å². The molecule has 200 valence electrons. The first-order valence-electron chi connectivity index (χ1n) is 14.9. The first-order chi connectivity index (χ1) is 16.5. The maximum absolute atomic E-state index is 12.9. The molecule has 0 spiro atoms. The molecule has 0 amide bonds. The third kappa shape index (κ3) is 15.0. The van der Waals surface area contributed by atoms with Crippen LogP contribution in [0.25, 0.3) is 0 Å². The summed E-state index contributed by atoms with van der Waals surface area (Å²) in [5, 5.41) is 9.55. The van der Waals surface area contributed by atoms with Gasteiger partial charge in [-0.15, -0.1) is 0 Å². The maximum atomic E-state index is 12.9. The van der Waals surface area contributed by atoms with Crippen molar-refractivity contribution in [2.24, 2.45) is 17.8 Å². The molecule has 0 saturated heterocycles. The SMILES string of the molecule is CCCCCCCCCCCCC(CCCCCCC(C)C)OC(=O)C1CCCCC1C(=O)O. The number of rotatable bonds is 21. The molecule has 1 saturated carbocycles. The zero-order valence-electron chi connectivity index (χ0n) is 22.8. The van der Waals surface area contributed by atoms with Crippen molar-refractivity contribution in [2.75, 3.05) is 0 Å². The second-order valence-electron chi connectivity index (χ2n) is 11.3. The Morgan fingerprint density at radius 3 is 1.62 bits per heavy atom. The summed E-state index contributed by atoms with van der Waals surface area (Å²) >= 11 is 0. The van der Waals surface area contributed by atoms with Gasteiger partial charge in [-0.25, -0.2) is 0 Å². The number of aliphatic carboxylic acids is 1. The first kappa shape index (κ1) is 31.0. The van der Waals surface area contributed by atoms with E-state index in [1.807, 2.05) is 0 Å². The molecule has 1 fully saturated rings. The van der Waals surface area contributed by atoms with Crippen molar-refractivity contribution in [3.8, 4) is 0 Å². The number of ether oxygens (including phenoxy) is 1. The number of hydrogen-bond donors (Lipinski definition) is 1. The van der Waals surface area contributed by atoms with Crippen molar-refractivity contribution in [3.05, 3.63) is 0 Å². The molecule has 1 aliphatic carbocycles. The minimum absolute atomic E-state index is 0.0389. The summed E-state index contributed by atoms with van der Waals surface area (Å²) in [6, 6.07) is 0. The highest BCUT2D eigenvalue weighted by atomic mass is 16.5. The van der Waals surface area contributed by atoms with Gasteiger partial charge in [0.25, 0.3) is 0 Å². The molecule has 0 aromatic heterocycles. The summed E-state index contributed by atoms with van der Waals surface area (Å²) in [4.78, 5) is 24.6. The lowest BCUT2D eigenvalue weighted by Crippen LogP contribution is -2.35. The van der Waals surface area contributed by atoms with Gasteiger partial charge in [-0.2, -0.15) is 0 Å². The maximum Gasteiger partial charge on any atom is 0.310 e. The Kier molecular flexibility index (Phi) is 18.4. The van der Waals surface area contributed by atoms with Crippen molar-refractivity contribution in [1.29, 1.82) is 0 Å². The van der Waals surface area contributed by atoms with Crippen LogP contribution < -0.4 is 0 Å². The smallest absolute Gasteiger partial charge is 0.310 e. The number of carbonyl (C=O) groups is 2. The lowest BCUT2D eigenvalue weighted by molar-refractivity contribution is -0.164. The standard InChI is InChI=1S/C30H56O4/c1-4-5-6-7-8-9-10-11-12-16-21-26(22-17-14-13-15-20-25(2)3)34-30(33)28-24-19-18-23-27(28)29(31)32/h25-28H,4-24H2,1-3H3,(H,31,32). The minimum Gasteiger partial charge on any atom is -0.481 e. The fraction of sp³-hybridized carbons (Fsp3) is 0.933. The first-order valence-corrected chi connectivity index (χ1v) is 14.9. The highest BCUT2D eigenvalue weighted by Gasteiger charge is 2.37. The van der Waals surface area contributed by atoms with E-state index in [4.69, 9.17) is 4.74 Å². The summed E-state index contributed by atoms with van der Waals surface area (Å²) in [7, 11) is 0. The van der Waals surface area contributed by atoms with E-state index in [9.17, 15) is 14.7 Å². The number of carboxylic acids is 1. The molecule has 0 bridgehead atoms. The van der Waals surface area contributed by atoms with Crippen LogP contribution in [0, 0.1) is 17.8 Å². The fourth-order valence-corrected chi connectivity index (χ4v) is 5.36. The molecule has 1 aliphatic rings. The monoisotopic (exact) mass is 480 g/mol. The number of carboxylic acid groups (broad SMARTS) is 1. The molecule has 34 heavy (non-hydrogen) atoms. The number of esters is 1. The molecule has 4 heteroatoms. The van der Waals surface area contributed by atoms with Gasteiger partial charge in [0, 0.05) is 0 Å². The van der Waals surface area contributed by atoms with Crippen molar-refractivity contribution in [3.63, 3.8) is 0 Å². The van der Waals surface area contributed by atoms with E-state index in [1.54, 1.807) is 0 Å². The van der Waals surface area contributed by atoms with Crippen LogP contribution in [0.2, 0.25) is 0 Å². The molecule has 0 aromatic rings. The van der Waals surface area contributed by atoms with Gasteiger partial charge in [0.2, 0.25) is 0 Å². The molecule has 0 heterocycles. The van der Waals surface area contributed by atoms with E-state index in [-0.39, 0.29) is 12.1 Å². The van der Waals surface area contributed by atoms with Crippen molar-refractivity contribution >= 4 is 11.9 Å². The van der Waals surface area contributed by atoms with Gasteiger partial charge in [0.15, 0.2) is 0 Å². The lowest BCUT2D eigenvalue weighted by atomic mass is 9.79. The Morgan fingerprint density at radius 1 is 0.706 bits per heavy atom.